The van der Waals surface area contributed by atoms with Crippen molar-refractivity contribution in [3.05, 3.63) is 35.9 Å². The molecule has 0 fully saturated rings. The third-order valence-electron chi connectivity index (χ3n) is 1.37. The standard InChI is InChI=1S/C9H13NO.CH2O3.2K/c1-2-11-10-8-9-6-4-3-5-7-9;2-1(3)4;;/h3-7,10H,2,8H2,1H3;(H2,2,3,4);;/q;;2*+1/p-2. The molecule has 0 saturated carbocycles. The van der Waals surface area contributed by atoms with Crippen molar-refractivity contribution < 1.29 is 123 Å². The monoisotopic (exact) mass is 289 g/mol. The molecule has 0 radical (unpaired) electrons. The molecule has 1 aromatic carbocycles. The van der Waals surface area contributed by atoms with Crippen molar-refractivity contribution in [3.63, 3.8) is 0 Å². The molecule has 17 heavy (non-hydrogen) atoms. The molecule has 0 aliphatic rings. The number of nitrogens with one attached hydrogen (secondary N) is 1. The van der Waals surface area contributed by atoms with Gasteiger partial charge in [-0.2, -0.15) is 5.48 Å². The minimum absolute atomic E-state index is 0. The summed E-state index contributed by atoms with van der Waals surface area (Å²) >= 11 is 0. The minimum atomic E-state index is -2.33. The van der Waals surface area contributed by atoms with Crippen LogP contribution in [-0.4, -0.2) is 12.8 Å². The predicted molar refractivity (Wildman–Crippen MR) is 50.3 cm³/mol. The Hall–Kier alpha value is 1.68. The number of hydrogen-bond acceptors (Lipinski definition) is 5. The fraction of sp³-hybridized carbons (Fsp3) is 0.300. The Morgan fingerprint density at radius 2 is 1.71 bits per heavy atom. The maximum absolute atomic E-state index is 8.33. The summed E-state index contributed by atoms with van der Waals surface area (Å²) < 4.78 is 0. The molecule has 0 bridgehead atoms. The van der Waals surface area contributed by atoms with Crippen LogP contribution in [0, 0.1) is 0 Å². The first-order valence-corrected chi connectivity index (χ1v) is 4.43. The van der Waals surface area contributed by atoms with Gasteiger partial charge in [0.25, 0.3) is 0 Å². The average molecular weight is 289 g/mol. The maximum Gasteiger partial charge on any atom is 1.00 e. The van der Waals surface area contributed by atoms with E-state index in [1.54, 1.807) is 0 Å². The van der Waals surface area contributed by atoms with Crippen molar-refractivity contribution in [1.82, 2.24) is 5.48 Å². The van der Waals surface area contributed by atoms with E-state index in [1.807, 2.05) is 25.1 Å². The summed E-state index contributed by atoms with van der Waals surface area (Å²) in [5.41, 5.74) is 4.09. The normalized spacial score (nSPS) is 7.82. The summed E-state index contributed by atoms with van der Waals surface area (Å²) in [7, 11) is 0. The molecule has 0 aliphatic heterocycles. The smallest absolute Gasteiger partial charge is 0.652 e. The van der Waals surface area contributed by atoms with Crippen LogP contribution in [-0.2, 0) is 11.4 Å². The van der Waals surface area contributed by atoms with E-state index in [9.17, 15) is 0 Å². The fourth-order valence-corrected chi connectivity index (χ4v) is 0.832. The van der Waals surface area contributed by atoms with Crippen LogP contribution in [0.15, 0.2) is 30.3 Å². The van der Waals surface area contributed by atoms with Gasteiger partial charge in [0.05, 0.1) is 6.61 Å². The second-order valence-corrected chi connectivity index (χ2v) is 2.49. The molecule has 1 N–H and O–H groups in total. The molecule has 0 heterocycles. The van der Waals surface area contributed by atoms with E-state index in [0.29, 0.717) is 6.61 Å². The van der Waals surface area contributed by atoms with E-state index in [4.69, 9.17) is 19.8 Å². The molecule has 0 saturated heterocycles. The topological polar surface area (TPSA) is 84.5 Å². The van der Waals surface area contributed by atoms with Crippen LogP contribution in [0.5, 0.6) is 0 Å². The van der Waals surface area contributed by atoms with Crippen molar-refractivity contribution in [2.75, 3.05) is 6.61 Å². The zero-order chi connectivity index (χ0) is 11.5. The number of rotatable bonds is 4. The van der Waals surface area contributed by atoms with Gasteiger partial charge in [0.2, 0.25) is 0 Å². The summed E-state index contributed by atoms with van der Waals surface area (Å²) in [6.45, 7) is 3.43. The van der Waals surface area contributed by atoms with Gasteiger partial charge >= 0.3 is 103 Å². The van der Waals surface area contributed by atoms with Crippen molar-refractivity contribution in [1.29, 1.82) is 0 Å². The molecule has 0 aromatic heterocycles. The van der Waals surface area contributed by atoms with Crippen LogP contribution in [0.25, 0.3) is 0 Å². The van der Waals surface area contributed by atoms with Crippen molar-refractivity contribution in [2.24, 2.45) is 0 Å². The van der Waals surface area contributed by atoms with Gasteiger partial charge < -0.3 is 19.8 Å². The Balaban J connectivity index is -0.000000289. The summed E-state index contributed by atoms with van der Waals surface area (Å²) in [5.74, 6) is 0. The first-order chi connectivity index (χ1) is 7.16. The van der Waals surface area contributed by atoms with E-state index in [2.05, 4.69) is 17.6 Å². The second-order valence-electron chi connectivity index (χ2n) is 2.49. The molecule has 1 rings (SSSR count). The van der Waals surface area contributed by atoms with Crippen LogP contribution in [0.4, 0.5) is 4.79 Å². The van der Waals surface area contributed by atoms with E-state index in [1.165, 1.54) is 5.56 Å². The van der Waals surface area contributed by atoms with Gasteiger partial charge in [-0.3, -0.25) is 0 Å². The molecule has 84 valence electrons. The number of carbonyl (C=O) groups is 1. The van der Waals surface area contributed by atoms with Gasteiger partial charge in [-0.1, -0.05) is 30.3 Å². The predicted octanol–water partition coefficient (Wildman–Crippen LogP) is -6.71. The van der Waals surface area contributed by atoms with Crippen molar-refractivity contribution in [2.45, 2.75) is 13.5 Å². The quantitative estimate of drug-likeness (QED) is 0.338. The number of carboxylic acid groups (broad SMARTS) is 2. The van der Waals surface area contributed by atoms with Gasteiger partial charge in [0, 0.05) is 6.54 Å². The number of hydrogen-bond donors (Lipinski definition) is 1. The second kappa shape index (κ2) is 17.7. The Morgan fingerprint density at radius 1 is 1.24 bits per heavy atom. The molecular weight excluding hydrogens is 276 g/mol. The molecule has 0 atom stereocenters. The van der Waals surface area contributed by atoms with Crippen molar-refractivity contribution in [3.8, 4) is 0 Å². The van der Waals surface area contributed by atoms with Gasteiger partial charge in [0.1, 0.15) is 0 Å². The third-order valence-corrected chi connectivity index (χ3v) is 1.37. The maximum atomic E-state index is 8.33. The Kier molecular flexibility index (Phi) is 24.7. The molecule has 0 amide bonds. The molecule has 1 aromatic rings. The van der Waals surface area contributed by atoms with Crippen LogP contribution in [0.1, 0.15) is 12.5 Å². The summed E-state index contributed by atoms with van der Waals surface area (Å²) in [6.07, 6.45) is -2.33. The van der Waals surface area contributed by atoms with E-state index in [0.717, 1.165) is 6.54 Å². The molecule has 0 spiro atoms. The summed E-state index contributed by atoms with van der Waals surface area (Å²) in [4.78, 5) is 13.3. The largest absolute Gasteiger partial charge is 1.00 e. The Bertz CT molecular complexity index is 268. The van der Waals surface area contributed by atoms with E-state index < -0.39 is 6.16 Å². The third kappa shape index (κ3) is 20.2. The minimum Gasteiger partial charge on any atom is -0.652 e. The number of hydroxylamine groups is 1. The van der Waals surface area contributed by atoms with Gasteiger partial charge in [0.15, 0.2) is 0 Å². The van der Waals surface area contributed by atoms with Gasteiger partial charge in [-0.15, -0.1) is 0 Å². The van der Waals surface area contributed by atoms with Crippen LogP contribution < -0.4 is 118 Å². The summed E-state index contributed by atoms with van der Waals surface area (Å²) in [5, 5.41) is 16.7. The summed E-state index contributed by atoms with van der Waals surface area (Å²) in [6, 6.07) is 10.2. The Labute approximate surface area is 186 Å². The van der Waals surface area contributed by atoms with Gasteiger partial charge in [-0.05, 0) is 18.6 Å². The first-order valence-electron chi connectivity index (χ1n) is 4.43. The molecule has 0 aliphatic carbocycles. The van der Waals surface area contributed by atoms with Crippen LogP contribution in [0.3, 0.4) is 0 Å². The van der Waals surface area contributed by atoms with E-state index >= 15 is 0 Å². The molecular formula is C10H13K2NO4. The molecule has 7 heteroatoms. The van der Waals surface area contributed by atoms with Gasteiger partial charge in [-0.25, -0.2) is 0 Å². The molecule has 5 nitrogen and oxygen atoms in total. The van der Waals surface area contributed by atoms with Crippen LogP contribution in [0.2, 0.25) is 0 Å². The molecule has 0 unspecified atom stereocenters. The SMILES string of the molecule is CCONCc1ccccc1.O=C([O-])[O-].[K+].[K+]. The fourth-order valence-electron chi connectivity index (χ4n) is 0.832. The zero-order valence-corrected chi connectivity index (χ0v) is 16.7. The average Bonchev–Trinajstić information content (AvgIpc) is 2.19. The van der Waals surface area contributed by atoms with E-state index in [-0.39, 0.29) is 103 Å². The van der Waals surface area contributed by atoms with Crippen molar-refractivity contribution >= 4 is 6.16 Å². The number of benzene rings is 1. The van der Waals surface area contributed by atoms with Crippen LogP contribution >= 0.6 is 0 Å². The number of carbonyl (C=O) groups excluding carboxylic acids is 1. The Morgan fingerprint density at radius 3 is 2.12 bits per heavy atom. The first kappa shape index (κ1) is 23.8. The zero-order valence-electron chi connectivity index (χ0n) is 10.4.